The summed E-state index contributed by atoms with van der Waals surface area (Å²) in [5.74, 6) is -0.967. The van der Waals surface area contributed by atoms with Gasteiger partial charge < -0.3 is 10.6 Å². The Balaban J connectivity index is 1.81. The van der Waals surface area contributed by atoms with Crippen molar-refractivity contribution in [2.75, 3.05) is 19.6 Å². The molecular formula is C17H14F7N5O. The SMILES string of the molecule is NCC1(F)CN(C(=O)C=Cn2cnc(-c3cc(C(F)(F)F)cc(C(F)(F)F)c3)n2)C1. The van der Waals surface area contributed by atoms with Crippen molar-refractivity contribution >= 4 is 12.1 Å². The Labute approximate surface area is 164 Å². The highest BCUT2D eigenvalue weighted by Gasteiger charge is 2.44. The minimum atomic E-state index is -5.00. The first-order valence-corrected chi connectivity index (χ1v) is 8.38. The smallest absolute Gasteiger partial charge is 0.332 e. The summed E-state index contributed by atoms with van der Waals surface area (Å²) in [6, 6.07) is 0.993. The zero-order chi connectivity index (χ0) is 22.3. The molecule has 2 N–H and O–H groups in total. The van der Waals surface area contributed by atoms with Crippen molar-refractivity contribution in [2.24, 2.45) is 5.73 Å². The highest BCUT2D eigenvalue weighted by atomic mass is 19.4. The zero-order valence-corrected chi connectivity index (χ0v) is 15.0. The molecule has 1 aliphatic rings. The van der Waals surface area contributed by atoms with Gasteiger partial charge in [0.05, 0.1) is 24.2 Å². The Morgan fingerprint density at radius 2 is 1.67 bits per heavy atom. The van der Waals surface area contributed by atoms with Crippen molar-refractivity contribution in [3.8, 4) is 11.4 Å². The van der Waals surface area contributed by atoms with E-state index in [1.807, 2.05) is 0 Å². The first-order chi connectivity index (χ1) is 13.8. The standard InChI is InChI=1S/C17H14F7N5O/c18-15(6-25)7-28(8-15)13(30)1-2-29-9-26-14(27-29)10-3-11(16(19,20)21)5-12(4-10)17(22,23)24/h1-5,9H,6-8,25H2. The van der Waals surface area contributed by atoms with Crippen molar-refractivity contribution in [3.63, 3.8) is 0 Å². The van der Waals surface area contributed by atoms with Gasteiger partial charge >= 0.3 is 12.4 Å². The van der Waals surface area contributed by atoms with Crippen molar-refractivity contribution in [1.29, 1.82) is 0 Å². The number of alkyl halides is 7. The first-order valence-electron chi connectivity index (χ1n) is 8.38. The third-order valence-electron chi connectivity index (χ3n) is 4.35. The van der Waals surface area contributed by atoms with Crippen LogP contribution in [0.15, 0.2) is 30.6 Å². The predicted octanol–water partition coefficient (Wildman–Crippen LogP) is 2.96. The van der Waals surface area contributed by atoms with Gasteiger partial charge in [0.1, 0.15) is 6.33 Å². The molecule has 1 amide bonds. The van der Waals surface area contributed by atoms with Crippen LogP contribution in [0.3, 0.4) is 0 Å². The number of benzene rings is 1. The van der Waals surface area contributed by atoms with Crippen molar-refractivity contribution in [1.82, 2.24) is 19.7 Å². The minimum absolute atomic E-state index is 0.00161. The molecule has 0 atom stereocenters. The van der Waals surface area contributed by atoms with Crippen molar-refractivity contribution in [2.45, 2.75) is 18.0 Å². The van der Waals surface area contributed by atoms with Gasteiger partial charge in [-0.05, 0) is 18.2 Å². The van der Waals surface area contributed by atoms with Gasteiger partial charge in [0.2, 0.25) is 5.91 Å². The summed E-state index contributed by atoms with van der Waals surface area (Å²) < 4.78 is 92.4. The van der Waals surface area contributed by atoms with E-state index in [0.29, 0.717) is 12.1 Å². The fourth-order valence-corrected chi connectivity index (χ4v) is 2.73. The number of rotatable bonds is 4. The van der Waals surface area contributed by atoms with Gasteiger partial charge in [-0.1, -0.05) is 0 Å². The number of hydrogen-bond acceptors (Lipinski definition) is 4. The molecule has 0 radical (unpaired) electrons. The van der Waals surface area contributed by atoms with Crippen LogP contribution in [0, 0.1) is 0 Å². The molecule has 1 aromatic carbocycles. The second-order valence-electron chi connectivity index (χ2n) is 6.71. The summed E-state index contributed by atoms with van der Waals surface area (Å²) in [6.07, 6.45) is -6.89. The Kier molecular flexibility index (Phi) is 5.35. The number of carbonyl (C=O) groups is 1. The highest BCUT2D eigenvalue weighted by Crippen LogP contribution is 2.38. The lowest BCUT2D eigenvalue weighted by Crippen LogP contribution is -2.63. The maximum absolute atomic E-state index is 13.7. The lowest BCUT2D eigenvalue weighted by atomic mass is 9.96. The molecule has 0 spiro atoms. The van der Waals surface area contributed by atoms with Gasteiger partial charge in [0, 0.05) is 24.4 Å². The van der Waals surface area contributed by atoms with Crippen LogP contribution in [-0.2, 0) is 17.1 Å². The molecule has 6 nitrogen and oxygen atoms in total. The van der Waals surface area contributed by atoms with E-state index in [-0.39, 0.29) is 25.7 Å². The normalized spacial score (nSPS) is 16.7. The van der Waals surface area contributed by atoms with Crippen LogP contribution in [0.4, 0.5) is 30.7 Å². The molecule has 0 aliphatic carbocycles. The number of likely N-dealkylation sites (tertiary alicyclic amines) is 1. The number of nitrogens with two attached hydrogens (primary N) is 1. The number of aromatic nitrogens is 3. The van der Waals surface area contributed by atoms with Gasteiger partial charge in [0.25, 0.3) is 0 Å². The fraction of sp³-hybridized carbons (Fsp3) is 0.353. The average molecular weight is 437 g/mol. The molecule has 0 bridgehead atoms. The van der Waals surface area contributed by atoms with Crippen LogP contribution in [0.25, 0.3) is 17.6 Å². The molecule has 2 aromatic rings. The summed E-state index contributed by atoms with van der Waals surface area (Å²) in [7, 11) is 0. The zero-order valence-electron chi connectivity index (χ0n) is 15.0. The van der Waals surface area contributed by atoms with E-state index < -0.39 is 46.4 Å². The molecule has 1 aromatic heterocycles. The second kappa shape index (κ2) is 7.38. The van der Waals surface area contributed by atoms with Crippen LogP contribution in [0.1, 0.15) is 11.1 Å². The third kappa shape index (κ3) is 4.61. The van der Waals surface area contributed by atoms with E-state index in [9.17, 15) is 35.5 Å². The lowest BCUT2D eigenvalue weighted by Gasteiger charge is -2.43. The summed E-state index contributed by atoms with van der Waals surface area (Å²) >= 11 is 0. The van der Waals surface area contributed by atoms with Crippen LogP contribution in [0.2, 0.25) is 0 Å². The summed E-state index contributed by atoms with van der Waals surface area (Å²) in [5, 5.41) is 3.77. The number of nitrogens with zero attached hydrogens (tertiary/aromatic N) is 4. The molecule has 162 valence electrons. The van der Waals surface area contributed by atoms with Crippen molar-refractivity contribution in [3.05, 3.63) is 41.7 Å². The van der Waals surface area contributed by atoms with Crippen LogP contribution in [-0.4, -0.2) is 50.9 Å². The molecule has 30 heavy (non-hydrogen) atoms. The monoisotopic (exact) mass is 437 g/mol. The number of amides is 1. The molecule has 1 aliphatic heterocycles. The quantitative estimate of drug-likeness (QED) is 0.590. The van der Waals surface area contributed by atoms with E-state index in [1.165, 1.54) is 4.90 Å². The maximum atomic E-state index is 13.7. The molecule has 1 fully saturated rings. The number of hydrogen-bond donors (Lipinski definition) is 1. The summed E-state index contributed by atoms with van der Waals surface area (Å²) in [6.45, 7) is -0.594. The van der Waals surface area contributed by atoms with E-state index in [0.717, 1.165) is 23.3 Å². The Morgan fingerprint density at radius 3 is 2.17 bits per heavy atom. The predicted molar refractivity (Wildman–Crippen MR) is 90.3 cm³/mol. The average Bonchev–Trinajstić information content (AvgIpc) is 3.11. The fourth-order valence-electron chi connectivity index (χ4n) is 2.73. The van der Waals surface area contributed by atoms with Crippen LogP contribution < -0.4 is 5.73 Å². The Hall–Kier alpha value is -2.96. The van der Waals surface area contributed by atoms with Gasteiger partial charge in [-0.3, -0.25) is 4.79 Å². The van der Waals surface area contributed by atoms with E-state index in [1.54, 1.807) is 0 Å². The van der Waals surface area contributed by atoms with Crippen molar-refractivity contribution < 1.29 is 35.5 Å². The molecule has 13 heteroatoms. The van der Waals surface area contributed by atoms with E-state index >= 15 is 0 Å². The van der Waals surface area contributed by atoms with E-state index in [4.69, 9.17) is 5.73 Å². The van der Waals surface area contributed by atoms with Gasteiger partial charge in [-0.2, -0.15) is 26.3 Å². The largest absolute Gasteiger partial charge is 0.416 e. The molecule has 0 saturated carbocycles. The topological polar surface area (TPSA) is 77.0 Å². The number of halogens is 7. The maximum Gasteiger partial charge on any atom is 0.416 e. The Morgan fingerprint density at radius 1 is 1.10 bits per heavy atom. The number of carbonyl (C=O) groups excluding carboxylic acids is 1. The van der Waals surface area contributed by atoms with Crippen LogP contribution >= 0.6 is 0 Å². The molecule has 1 saturated heterocycles. The molecule has 0 unspecified atom stereocenters. The van der Waals surface area contributed by atoms with Gasteiger partial charge in [0.15, 0.2) is 11.5 Å². The molecule has 2 heterocycles. The second-order valence-corrected chi connectivity index (χ2v) is 6.71. The lowest BCUT2D eigenvalue weighted by molar-refractivity contribution is -0.143. The molecular weight excluding hydrogens is 423 g/mol. The van der Waals surface area contributed by atoms with E-state index in [2.05, 4.69) is 10.1 Å². The third-order valence-corrected chi connectivity index (χ3v) is 4.35. The highest BCUT2D eigenvalue weighted by molar-refractivity contribution is 5.91. The first kappa shape index (κ1) is 21.7. The van der Waals surface area contributed by atoms with Gasteiger partial charge in [-0.15, -0.1) is 5.10 Å². The summed E-state index contributed by atoms with van der Waals surface area (Å²) in [5.41, 5.74) is 0.105. The molecule has 3 rings (SSSR count). The summed E-state index contributed by atoms with van der Waals surface area (Å²) in [4.78, 5) is 16.8. The van der Waals surface area contributed by atoms with Gasteiger partial charge in [-0.25, -0.2) is 14.1 Å². The minimum Gasteiger partial charge on any atom is -0.332 e. The Bertz CT molecular complexity index is 941. The van der Waals surface area contributed by atoms with Crippen LogP contribution in [0.5, 0.6) is 0 Å².